The van der Waals surface area contributed by atoms with Gasteiger partial charge in [0.25, 0.3) is 0 Å². The SMILES string of the molecule is [Y].[Y].[Y].c1cc[n-]c1.c1ccc2[n-]cnc2c1.c1ccc2c(c1)[n-]c1ccccc12.c1ccc2cnccc2c1.c1ccc2ncccc2c1.c1ccc2nccnc2c1.c1ccncc1.c1ccnnc1.c1cnc2c(c1)ccc1cccnc12.c1cnc2c(c1)ccc1ncccc12.c1cnccn1.c1cncnc1.c1cnncn1.c1ncncn1.c1ncon1.c1nnco1. The number of benzene rings is 8. The second-order valence-electron chi connectivity index (χ2n) is 25.2. The van der Waals surface area contributed by atoms with Gasteiger partial charge in [0.15, 0.2) is 6.33 Å². The molecule has 0 aliphatic carbocycles. The Morgan fingerprint density at radius 3 is 1.08 bits per heavy atom. The van der Waals surface area contributed by atoms with Crippen molar-refractivity contribution in [3.63, 3.8) is 0 Å². The zero-order valence-electron chi connectivity index (χ0n) is 71.7. The normalized spacial score (nSPS) is 9.31. The average Bonchev–Trinajstić information content (AvgIpc) is 1.71. The summed E-state index contributed by atoms with van der Waals surface area (Å²) in [6.45, 7) is 0. The average molecular weight is 1990 g/mol. The standard InChI is InChI=1S/2C12H8N2.C12H8N.2C9H7N.C8H6N2.C7H5N2.C5H5N.3C4H4N2.C4H4N.2C3H3N3.2C2H2N2O.3Y/c1-3-9-5-6-11-10(4-2-7-13-11)12(9)14-8-1;1-3-9-5-6-10-4-2-8-14-12(10)11(9)13-7-1;1-3-7-11-9(5-1)10-6-2-4-8-12(10)13-11;1-2-6-9-8(4-1)5-3-7-10-9;1-2-4-9-7-10-6-5-8(9)3-1;1-2-4-8-7(3-1)9-5-6-10-8;1-2-4-7-6(3-1)8-5-9-7;1-2-4-6-5-3-1;1-2-6-4-3-5-1;1-2-5-4-6-3-1;1-2-4-6-5-3-1;1-2-4-5-3-1;1-4-2-6-3-5-1;1-2-5-6-3-4-1;1-3-4-2-5-1;1-3-2-5-4-1;;;/h2*1-8H;1-8H;2*1-7H;1-6H;1-5H;1-5H;3*1-4H;1-4H;2*1-3H;2*1-2H;;;/q;;-1;;;;-1;;;;;-1;;;;;;;. The van der Waals surface area contributed by atoms with Gasteiger partial charge in [0.1, 0.15) is 31.6 Å². The van der Waals surface area contributed by atoms with Crippen LogP contribution in [0.25, 0.3) is 109 Å². The minimum atomic E-state index is 0. The summed E-state index contributed by atoms with van der Waals surface area (Å²) in [5, 5.41) is 34.5. The van der Waals surface area contributed by atoms with Crippen LogP contribution in [0, 0.1) is 0 Å². The van der Waals surface area contributed by atoms with Crippen molar-refractivity contribution >= 4 is 109 Å². The van der Waals surface area contributed by atoms with E-state index in [1.165, 1.54) is 90.3 Å². The Labute approximate surface area is 844 Å². The topological polar surface area (TPSA) is 404 Å². The van der Waals surface area contributed by atoms with Gasteiger partial charge in [-0.2, -0.15) is 27.7 Å². The summed E-state index contributed by atoms with van der Waals surface area (Å²) in [4.78, 5) is 86.4. The molecule has 0 bridgehead atoms. The number of pyridine rings is 7. The molecule has 18 aromatic heterocycles. The number of imidazole rings is 1. The monoisotopic (exact) mass is 1990 g/mol. The van der Waals surface area contributed by atoms with Crippen molar-refractivity contribution in [2.75, 3.05) is 0 Å². The third-order valence-corrected chi connectivity index (χ3v) is 16.6. The van der Waals surface area contributed by atoms with E-state index < -0.39 is 0 Å². The van der Waals surface area contributed by atoms with E-state index in [0.717, 1.165) is 82.2 Å². The molecule has 0 fully saturated rings. The summed E-state index contributed by atoms with van der Waals surface area (Å²) in [6.07, 6.45) is 53.3. The predicted octanol–water partition coefficient (Wildman–Crippen LogP) is 18.8. The number of fused-ring (bicyclic) bond motifs is 13. The Morgan fingerprint density at radius 1 is 0.209 bits per heavy atom. The van der Waals surface area contributed by atoms with Gasteiger partial charge in [-0.3, -0.25) is 54.8 Å². The molecule has 0 atom stereocenters. The summed E-state index contributed by atoms with van der Waals surface area (Å²) >= 11 is 0. The Bertz CT molecular complexity index is 6130. The van der Waals surface area contributed by atoms with Crippen molar-refractivity contribution in [1.29, 1.82) is 0 Å². The van der Waals surface area contributed by atoms with Crippen LogP contribution < -0.4 is 15.0 Å². The van der Waals surface area contributed by atoms with Gasteiger partial charge in [-0.1, -0.05) is 200 Å². The Kier molecular flexibility index (Phi) is 50.7. The first kappa shape index (κ1) is 103. The van der Waals surface area contributed by atoms with Crippen molar-refractivity contribution in [2.45, 2.75) is 0 Å². The molecule has 8 aromatic carbocycles. The van der Waals surface area contributed by atoms with Crippen molar-refractivity contribution in [3.05, 3.63) is 491 Å². The van der Waals surface area contributed by atoms with Gasteiger partial charge in [-0.25, -0.2) is 34.9 Å². The zero-order valence-corrected chi connectivity index (χ0v) is 80.2. The first-order valence-electron chi connectivity index (χ1n) is 39.8. The van der Waals surface area contributed by atoms with Crippen LogP contribution in [-0.4, -0.2) is 130 Å². The molecule has 134 heavy (non-hydrogen) atoms. The smallest absolute Gasteiger partial charge is 0.213 e. The van der Waals surface area contributed by atoms with Crippen LogP contribution in [0.5, 0.6) is 0 Å². The fourth-order valence-corrected chi connectivity index (χ4v) is 10.9. The summed E-state index contributed by atoms with van der Waals surface area (Å²) in [5.41, 5.74) is 11.1. The maximum atomic E-state index is 4.52. The first-order chi connectivity index (χ1) is 65.2. The maximum absolute atomic E-state index is 4.52. The predicted molar refractivity (Wildman–Crippen MR) is 505 cm³/mol. The van der Waals surface area contributed by atoms with Crippen molar-refractivity contribution in [3.8, 4) is 0 Å². The summed E-state index contributed by atoms with van der Waals surface area (Å²) in [6, 6.07) is 93.5. The molecule has 26 aromatic rings. The van der Waals surface area contributed by atoms with Gasteiger partial charge in [0.05, 0.1) is 44.8 Å². The van der Waals surface area contributed by atoms with E-state index in [9.17, 15) is 0 Å². The minimum Gasteiger partial charge on any atom is -0.670 e. The summed E-state index contributed by atoms with van der Waals surface area (Å²) in [5.74, 6) is 0. The van der Waals surface area contributed by atoms with Crippen molar-refractivity contribution in [2.24, 2.45) is 0 Å². The molecule has 649 valence electrons. The quantitative estimate of drug-likeness (QED) is 0.127. The third kappa shape index (κ3) is 39.2. The van der Waals surface area contributed by atoms with Gasteiger partial charge < -0.3 is 28.9 Å². The number of aromatic nitrogens is 29. The van der Waals surface area contributed by atoms with Gasteiger partial charge >= 0.3 is 0 Å². The molecular formula is C100H80N29O2Y3-3. The zero-order chi connectivity index (χ0) is 90.0. The molecule has 0 saturated carbocycles. The number of nitrogens with zero attached hydrogens (tertiary/aromatic N) is 29. The Morgan fingerprint density at radius 2 is 0.649 bits per heavy atom. The molecule has 0 amide bonds. The second kappa shape index (κ2) is 65.6. The fraction of sp³-hybridized carbons (Fsp3) is 0. The van der Waals surface area contributed by atoms with Crippen LogP contribution >= 0.6 is 0 Å². The molecule has 0 saturated heterocycles. The van der Waals surface area contributed by atoms with Gasteiger partial charge in [-0.15, -0.1) is 26.3 Å². The third-order valence-electron chi connectivity index (χ3n) is 16.6. The summed E-state index contributed by atoms with van der Waals surface area (Å²) < 4.78 is 8.58. The van der Waals surface area contributed by atoms with Gasteiger partial charge in [-0.05, 0) is 130 Å². The molecule has 31 nitrogen and oxygen atoms in total. The van der Waals surface area contributed by atoms with E-state index in [4.69, 9.17) is 0 Å². The van der Waals surface area contributed by atoms with E-state index in [0.29, 0.717) is 0 Å². The van der Waals surface area contributed by atoms with Crippen LogP contribution in [0.1, 0.15) is 0 Å². The number of hydrogen-bond acceptors (Lipinski definition) is 28. The largest absolute Gasteiger partial charge is 0.670 e. The Balaban J connectivity index is 0.000000178. The van der Waals surface area contributed by atoms with Crippen LogP contribution in [0.4, 0.5) is 0 Å². The van der Waals surface area contributed by atoms with Gasteiger partial charge in [0.2, 0.25) is 19.2 Å². The molecule has 34 heteroatoms. The molecule has 26 rings (SSSR count). The van der Waals surface area contributed by atoms with E-state index in [1.54, 1.807) is 124 Å². The summed E-state index contributed by atoms with van der Waals surface area (Å²) in [7, 11) is 0. The fourth-order valence-electron chi connectivity index (χ4n) is 10.9. The number of para-hydroxylation sites is 7. The maximum Gasteiger partial charge on any atom is 0.213 e. The minimum absolute atomic E-state index is 0. The Hall–Kier alpha value is -15.9. The van der Waals surface area contributed by atoms with Gasteiger partial charge in [0, 0.05) is 249 Å². The van der Waals surface area contributed by atoms with Crippen molar-refractivity contribution in [1.82, 2.24) is 145 Å². The molecule has 0 aliphatic rings. The van der Waals surface area contributed by atoms with Crippen LogP contribution in [-0.2, 0) is 98.1 Å². The molecular weight excluding hydrogens is 1910 g/mol. The van der Waals surface area contributed by atoms with E-state index in [1.807, 2.05) is 201 Å². The van der Waals surface area contributed by atoms with Crippen LogP contribution in [0.15, 0.2) is 500 Å². The van der Waals surface area contributed by atoms with Crippen LogP contribution in [0.2, 0.25) is 0 Å². The van der Waals surface area contributed by atoms with E-state index >= 15 is 0 Å². The van der Waals surface area contributed by atoms with E-state index in [-0.39, 0.29) is 98.1 Å². The second-order valence-corrected chi connectivity index (χ2v) is 25.2. The molecule has 0 N–H and O–H groups in total. The molecule has 18 heterocycles. The van der Waals surface area contributed by atoms with Crippen molar-refractivity contribution < 1.29 is 107 Å². The molecule has 3 radical (unpaired) electrons. The molecule has 0 unspecified atom stereocenters. The number of rotatable bonds is 0. The molecule has 0 aliphatic heterocycles. The molecule has 0 spiro atoms. The van der Waals surface area contributed by atoms with E-state index in [2.05, 4.69) is 257 Å². The van der Waals surface area contributed by atoms with Crippen LogP contribution in [0.3, 0.4) is 0 Å². The number of hydrogen-bond donors (Lipinski definition) is 0. The first-order valence-corrected chi connectivity index (χ1v) is 39.8.